The van der Waals surface area contributed by atoms with Gasteiger partial charge in [-0.25, -0.2) is 0 Å². The Kier molecular flexibility index (Phi) is 3.93. The molecule has 1 aromatic heterocycles. The van der Waals surface area contributed by atoms with Crippen LogP contribution in [0, 0.1) is 27.7 Å². The van der Waals surface area contributed by atoms with Crippen molar-refractivity contribution in [3.63, 3.8) is 0 Å². The monoisotopic (exact) mass is 271 g/mol. The van der Waals surface area contributed by atoms with Crippen molar-refractivity contribution in [2.45, 2.75) is 41.2 Å². The van der Waals surface area contributed by atoms with Crippen molar-refractivity contribution >= 4 is 11.6 Å². The third kappa shape index (κ3) is 2.74. The number of hydrogen-bond acceptors (Lipinski definition) is 2. The molecule has 0 bridgehead atoms. The average Bonchev–Trinajstić information content (AvgIpc) is 2.65. The highest BCUT2D eigenvalue weighted by Crippen LogP contribution is 2.20. The molecule has 0 saturated carbocycles. The van der Waals surface area contributed by atoms with Gasteiger partial charge < -0.3 is 5.32 Å². The molecule has 106 valence electrons. The standard InChI is InChI=1S/C16H21N3O/c1-6-19-13(5)15(12(4)18-19)17-16(20)14-8-10(2)7-11(3)9-14/h7-9H,6H2,1-5H3,(H,17,20). The van der Waals surface area contributed by atoms with Crippen molar-refractivity contribution in [1.29, 1.82) is 0 Å². The number of benzene rings is 1. The largest absolute Gasteiger partial charge is 0.319 e. The van der Waals surface area contributed by atoms with E-state index in [4.69, 9.17) is 0 Å². The number of aryl methyl sites for hydroxylation is 4. The molecule has 20 heavy (non-hydrogen) atoms. The first-order valence-corrected chi connectivity index (χ1v) is 6.86. The highest BCUT2D eigenvalue weighted by atomic mass is 16.1. The van der Waals surface area contributed by atoms with Gasteiger partial charge in [0.25, 0.3) is 5.91 Å². The molecule has 1 aromatic carbocycles. The quantitative estimate of drug-likeness (QED) is 0.930. The molecule has 0 saturated heterocycles. The third-order valence-corrected chi connectivity index (χ3v) is 3.40. The maximum absolute atomic E-state index is 12.4. The Balaban J connectivity index is 2.30. The van der Waals surface area contributed by atoms with Crippen molar-refractivity contribution < 1.29 is 4.79 Å². The molecule has 0 fully saturated rings. The summed E-state index contributed by atoms with van der Waals surface area (Å²) in [4.78, 5) is 12.4. The van der Waals surface area contributed by atoms with Crippen LogP contribution in [-0.2, 0) is 6.54 Å². The summed E-state index contributed by atoms with van der Waals surface area (Å²) in [5.74, 6) is -0.0846. The Bertz CT molecular complexity index is 636. The fourth-order valence-electron chi connectivity index (χ4n) is 2.48. The summed E-state index contributed by atoms with van der Waals surface area (Å²) >= 11 is 0. The molecule has 0 aliphatic rings. The lowest BCUT2D eigenvalue weighted by molar-refractivity contribution is 0.102. The molecule has 0 spiro atoms. The summed E-state index contributed by atoms with van der Waals surface area (Å²) in [6.45, 7) is 10.7. The van der Waals surface area contributed by atoms with Gasteiger partial charge in [-0.1, -0.05) is 17.2 Å². The van der Waals surface area contributed by atoms with Gasteiger partial charge in [-0.15, -0.1) is 0 Å². The van der Waals surface area contributed by atoms with Crippen molar-refractivity contribution in [1.82, 2.24) is 9.78 Å². The molecule has 0 aliphatic carbocycles. The Hall–Kier alpha value is -2.10. The third-order valence-electron chi connectivity index (χ3n) is 3.40. The van der Waals surface area contributed by atoms with Crippen molar-refractivity contribution in [2.24, 2.45) is 0 Å². The van der Waals surface area contributed by atoms with E-state index in [-0.39, 0.29) is 5.91 Å². The van der Waals surface area contributed by atoms with Crippen LogP contribution in [0.25, 0.3) is 0 Å². The van der Waals surface area contributed by atoms with Crippen molar-refractivity contribution in [3.05, 3.63) is 46.3 Å². The average molecular weight is 271 g/mol. The van der Waals surface area contributed by atoms with E-state index in [9.17, 15) is 4.79 Å². The number of carbonyl (C=O) groups excluding carboxylic acids is 1. The van der Waals surface area contributed by atoms with Gasteiger partial charge in [-0.3, -0.25) is 9.48 Å². The minimum Gasteiger partial charge on any atom is -0.319 e. The summed E-state index contributed by atoms with van der Waals surface area (Å²) < 4.78 is 1.90. The van der Waals surface area contributed by atoms with Crippen LogP contribution >= 0.6 is 0 Å². The zero-order valence-corrected chi connectivity index (χ0v) is 12.7. The van der Waals surface area contributed by atoms with E-state index in [0.717, 1.165) is 34.7 Å². The predicted octanol–water partition coefficient (Wildman–Crippen LogP) is 3.39. The maximum Gasteiger partial charge on any atom is 0.255 e. The fraction of sp³-hybridized carbons (Fsp3) is 0.375. The lowest BCUT2D eigenvalue weighted by Gasteiger charge is -2.08. The molecule has 1 amide bonds. The minimum absolute atomic E-state index is 0.0846. The van der Waals surface area contributed by atoms with Crippen molar-refractivity contribution in [2.75, 3.05) is 5.32 Å². The summed E-state index contributed by atoms with van der Waals surface area (Å²) in [6, 6.07) is 5.86. The lowest BCUT2D eigenvalue weighted by atomic mass is 10.1. The molecule has 0 unspecified atom stereocenters. The number of amides is 1. The molecule has 0 atom stereocenters. The Labute approximate surface area is 119 Å². The number of carbonyl (C=O) groups is 1. The van der Waals surface area contributed by atoms with E-state index in [1.807, 2.05) is 51.4 Å². The van der Waals surface area contributed by atoms with E-state index in [0.29, 0.717) is 5.56 Å². The van der Waals surface area contributed by atoms with Gasteiger partial charge >= 0.3 is 0 Å². The minimum atomic E-state index is -0.0846. The van der Waals surface area contributed by atoms with Gasteiger partial charge in [-0.05, 0) is 46.8 Å². The van der Waals surface area contributed by atoms with E-state index >= 15 is 0 Å². The number of aromatic nitrogens is 2. The van der Waals surface area contributed by atoms with Crippen LogP contribution in [-0.4, -0.2) is 15.7 Å². The first-order chi connectivity index (χ1) is 9.42. The second kappa shape index (κ2) is 5.49. The molecule has 0 aliphatic heterocycles. The first-order valence-electron chi connectivity index (χ1n) is 6.86. The van der Waals surface area contributed by atoms with Crippen LogP contribution in [0.3, 0.4) is 0 Å². The maximum atomic E-state index is 12.4. The lowest BCUT2D eigenvalue weighted by Crippen LogP contribution is -2.13. The van der Waals surface area contributed by atoms with Crippen LogP contribution in [0.4, 0.5) is 5.69 Å². The van der Waals surface area contributed by atoms with Gasteiger partial charge in [0.05, 0.1) is 17.1 Å². The first kappa shape index (κ1) is 14.3. The van der Waals surface area contributed by atoms with Crippen LogP contribution < -0.4 is 5.32 Å². The zero-order valence-electron chi connectivity index (χ0n) is 12.7. The summed E-state index contributed by atoms with van der Waals surface area (Å²) in [5, 5.41) is 7.39. The fourth-order valence-corrected chi connectivity index (χ4v) is 2.48. The van der Waals surface area contributed by atoms with Gasteiger partial charge in [0.2, 0.25) is 0 Å². The highest BCUT2D eigenvalue weighted by Gasteiger charge is 2.14. The smallest absolute Gasteiger partial charge is 0.255 e. The number of nitrogens with one attached hydrogen (secondary N) is 1. The number of rotatable bonds is 3. The molecule has 0 radical (unpaired) electrons. The van der Waals surface area contributed by atoms with Gasteiger partial charge in [-0.2, -0.15) is 5.10 Å². The molecule has 1 heterocycles. The van der Waals surface area contributed by atoms with Crippen LogP contribution in [0.2, 0.25) is 0 Å². The Morgan fingerprint density at radius 2 is 1.75 bits per heavy atom. The normalized spacial score (nSPS) is 10.7. The SMILES string of the molecule is CCn1nc(C)c(NC(=O)c2cc(C)cc(C)c2)c1C. The van der Waals surface area contributed by atoms with E-state index in [1.54, 1.807) is 0 Å². The number of anilines is 1. The molecule has 4 heteroatoms. The zero-order chi connectivity index (χ0) is 14.9. The molecule has 4 nitrogen and oxygen atoms in total. The highest BCUT2D eigenvalue weighted by molar-refractivity contribution is 6.05. The van der Waals surface area contributed by atoms with Crippen molar-refractivity contribution in [3.8, 4) is 0 Å². The van der Waals surface area contributed by atoms with Gasteiger partial charge in [0, 0.05) is 12.1 Å². The summed E-state index contributed by atoms with van der Waals surface area (Å²) in [6.07, 6.45) is 0. The predicted molar refractivity (Wildman–Crippen MR) is 81.2 cm³/mol. The Morgan fingerprint density at radius 3 is 2.25 bits per heavy atom. The Morgan fingerprint density at radius 1 is 1.15 bits per heavy atom. The summed E-state index contributed by atoms with van der Waals surface area (Å²) in [5.41, 5.74) is 5.52. The van der Waals surface area contributed by atoms with Gasteiger partial charge in [0.15, 0.2) is 0 Å². The summed E-state index contributed by atoms with van der Waals surface area (Å²) in [7, 11) is 0. The number of nitrogens with zero attached hydrogens (tertiary/aromatic N) is 2. The molecule has 1 N–H and O–H groups in total. The van der Waals surface area contributed by atoms with Gasteiger partial charge in [0.1, 0.15) is 0 Å². The van der Waals surface area contributed by atoms with E-state index < -0.39 is 0 Å². The van der Waals surface area contributed by atoms with E-state index in [2.05, 4.69) is 16.5 Å². The topological polar surface area (TPSA) is 46.9 Å². The molecule has 2 aromatic rings. The number of hydrogen-bond donors (Lipinski definition) is 1. The van der Waals surface area contributed by atoms with Crippen LogP contribution in [0.5, 0.6) is 0 Å². The molecule has 2 rings (SSSR count). The molecular formula is C16H21N3O. The second-order valence-electron chi connectivity index (χ2n) is 5.19. The second-order valence-corrected chi connectivity index (χ2v) is 5.19. The molecular weight excluding hydrogens is 250 g/mol. The van der Waals surface area contributed by atoms with Crippen LogP contribution in [0.1, 0.15) is 39.8 Å². The van der Waals surface area contributed by atoms with E-state index in [1.165, 1.54) is 0 Å². The van der Waals surface area contributed by atoms with Crippen LogP contribution in [0.15, 0.2) is 18.2 Å².